The molecule has 1 aromatic carbocycles. The Morgan fingerprint density at radius 2 is 1.88 bits per heavy atom. The number of ether oxygens (including phenoxy) is 2. The number of hydrogen-bond donors (Lipinski definition) is 2. The first-order valence-electron chi connectivity index (χ1n) is 9.53. The number of carbonyl (C=O) groups is 3. The average Bonchev–Trinajstić information content (AvgIpc) is 3.26. The molecule has 1 aliphatic rings. The molecule has 0 saturated heterocycles. The number of esters is 1. The lowest BCUT2D eigenvalue weighted by atomic mass is 10.1. The zero-order valence-corrected chi connectivity index (χ0v) is 17.6. The molecule has 7 nitrogen and oxygen atoms in total. The number of nitrogens with one attached hydrogen (secondary N) is 1. The van der Waals surface area contributed by atoms with Crippen molar-refractivity contribution in [2.45, 2.75) is 38.7 Å². The maximum atomic E-state index is 12.4. The highest BCUT2D eigenvalue weighted by molar-refractivity contribution is 7.17. The smallest absolute Gasteiger partial charge is 0.449 e. The van der Waals surface area contributed by atoms with E-state index in [4.69, 9.17) is 10.5 Å². The Labute approximate surface area is 185 Å². The highest BCUT2D eigenvalue weighted by Crippen LogP contribution is 2.38. The van der Waals surface area contributed by atoms with Crippen LogP contribution in [0.3, 0.4) is 0 Å². The second kappa shape index (κ2) is 9.43. The Kier molecular flexibility index (Phi) is 6.87. The maximum absolute atomic E-state index is 12.4. The molecule has 1 unspecified atom stereocenters. The average molecular weight is 468 g/mol. The largest absolute Gasteiger partial charge is 0.573 e. The van der Waals surface area contributed by atoms with E-state index in [1.54, 1.807) is 0 Å². The summed E-state index contributed by atoms with van der Waals surface area (Å²) in [6.45, 7) is 1.37. The minimum Gasteiger partial charge on any atom is -0.449 e. The first-order chi connectivity index (χ1) is 15.0. The third-order valence-corrected chi connectivity index (χ3v) is 5.80. The number of fused-ring (bicyclic) bond motifs is 1. The third kappa shape index (κ3) is 5.88. The number of aryl methyl sites for hydroxylation is 1. The summed E-state index contributed by atoms with van der Waals surface area (Å²) in [7, 11) is 0. The number of halogens is 3. The molecule has 1 aliphatic carbocycles. The van der Waals surface area contributed by atoms with Crippen LogP contribution < -0.4 is 15.8 Å². The molecule has 1 aromatic heterocycles. The van der Waals surface area contributed by atoms with Gasteiger partial charge in [-0.1, -0.05) is 12.1 Å². The Hall–Kier alpha value is -3.34. The Morgan fingerprint density at radius 1 is 1.19 bits per heavy atom. The van der Waals surface area contributed by atoms with Gasteiger partial charge in [0.25, 0.3) is 11.8 Å². The van der Waals surface area contributed by atoms with Gasteiger partial charge < -0.3 is 20.5 Å². The summed E-state index contributed by atoms with van der Waals surface area (Å²) >= 11 is 1.29. The first-order valence-corrected chi connectivity index (χ1v) is 10.3. The third-order valence-electron chi connectivity index (χ3n) is 4.59. The molecule has 170 valence electrons. The Bertz CT molecular complexity index is 1060. The molecule has 2 aromatic rings. The van der Waals surface area contributed by atoms with Crippen molar-refractivity contribution in [3.63, 3.8) is 0 Å². The number of rotatable bonds is 7. The number of nitrogens with two attached hydrogens (primary N) is 1. The van der Waals surface area contributed by atoms with Crippen molar-refractivity contribution in [3.05, 3.63) is 51.9 Å². The van der Waals surface area contributed by atoms with E-state index in [1.807, 2.05) is 0 Å². The second-order valence-corrected chi connectivity index (χ2v) is 8.05. The van der Waals surface area contributed by atoms with E-state index in [0.29, 0.717) is 16.1 Å². The zero-order chi connectivity index (χ0) is 23.5. The molecule has 3 N–H and O–H groups in total. The molecule has 0 bridgehead atoms. The summed E-state index contributed by atoms with van der Waals surface area (Å²) in [6.07, 6.45) is -1.13. The summed E-state index contributed by atoms with van der Waals surface area (Å²) in [6, 6.07) is 4.84. The highest BCUT2D eigenvalue weighted by atomic mass is 32.1. The minimum absolute atomic E-state index is 0.298. The molecule has 3 rings (SSSR count). The van der Waals surface area contributed by atoms with Gasteiger partial charge in [0.2, 0.25) is 0 Å². The van der Waals surface area contributed by atoms with Crippen LogP contribution in [0.1, 0.15) is 39.7 Å². The van der Waals surface area contributed by atoms with Crippen LogP contribution in [-0.2, 0) is 27.2 Å². The van der Waals surface area contributed by atoms with E-state index in [0.717, 1.165) is 47.9 Å². The molecule has 0 saturated carbocycles. The van der Waals surface area contributed by atoms with Gasteiger partial charge in [-0.3, -0.25) is 9.59 Å². The van der Waals surface area contributed by atoms with Crippen LogP contribution in [0.5, 0.6) is 5.75 Å². The molecule has 1 heterocycles. The molecule has 2 amide bonds. The van der Waals surface area contributed by atoms with Gasteiger partial charge in [-0.25, -0.2) is 4.79 Å². The molecule has 0 fully saturated rings. The van der Waals surface area contributed by atoms with Gasteiger partial charge in [-0.2, -0.15) is 0 Å². The lowest BCUT2D eigenvalue weighted by molar-refractivity contribution is -0.274. The number of carbonyl (C=O) groups excluding carboxylic acids is 3. The molecule has 1 atom stereocenters. The van der Waals surface area contributed by atoms with Crippen LogP contribution in [0.15, 0.2) is 30.3 Å². The predicted octanol–water partition coefficient (Wildman–Crippen LogP) is 3.82. The topological polar surface area (TPSA) is 108 Å². The van der Waals surface area contributed by atoms with Crippen molar-refractivity contribution in [3.8, 4) is 5.75 Å². The van der Waals surface area contributed by atoms with Crippen molar-refractivity contribution in [1.29, 1.82) is 0 Å². The van der Waals surface area contributed by atoms with Crippen LogP contribution in [0.4, 0.5) is 18.2 Å². The summed E-state index contributed by atoms with van der Waals surface area (Å²) in [5.41, 5.74) is 7.04. The fraction of sp³-hybridized carbons (Fsp3) is 0.286. The fourth-order valence-corrected chi connectivity index (χ4v) is 4.48. The van der Waals surface area contributed by atoms with Crippen LogP contribution in [0, 0.1) is 0 Å². The van der Waals surface area contributed by atoms with Crippen LogP contribution in [0.25, 0.3) is 6.08 Å². The second-order valence-electron chi connectivity index (χ2n) is 6.94. The molecular weight excluding hydrogens is 449 g/mol. The van der Waals surface area contributed by atoms with E-state index >= 15 is 0 Å². The van der Waals surface area contributed by atoms with E-state index in [9.17, 15) is 27.6 Å². The van der Waals surface area contributed by atoms with Crippen LogP contribution >= 0.6 is 11.3 Å². The number of thiophene rings is 1. The highest BCUT2D eigenvalue weighted by Gasteiger charge is 2.31. The first kappa shape index (κ1) is 23.3. The van der Waals surface area contributed by atoms with Crippen molar-refractivity contribution in [2.24, 2.45) is 5.73 Å². The van der Waals surface area contributed by atoms with E-state index in [1.165, 1.54) is 36.5 Å². The van der Waals surface area contributed by atoms with Crippen LogP contribution in [0.2, 0.25) is 0 Å². The fourth-order valence-electron chi connectivity index (χ4n) is 3.18. The van der Waals surface area contributed by atoms with E-state index < -0.39 is 36.0 Å². The number of alkyl halides is 3. The van der Waals surface area contributed by atoms with Gasteiger partial charge in [-0.05, 0) is 55.5 Å². The van der Waals surface area contributed by atoms with Crippen LogP contribution in [-0.4, -0.2) is 30.2 Å². The van der Waals surface area contributed by atoms with Gasteiger partial charge in [0.15, 0.2) is 6.10 Å². The standard InChI is InChI=1S/C21H19F3N2O5S/c1-11(19(29)26-20-17(18(25)28)14-3-2-4-15(14)32-20)30-16(27)10-7-12-5-8-13(9-6-12)31-21(22,23)24/h5-11H,2-4H2,1H3,(H2,25,28)(H,26,29)/b10-7+. The normalized spacial score (nSPS) is 14.1. The van der Waals surface area contributed by atoms with Gasteiger partial charge in [0, 0.05) is 11.0 Å². The number of hydrogen-bond acceptors (Lipinski definition) is 6. The van der Waals surface area contributed by atoms with Gasteiger partial charge in [-0.15, -0.1) is 24.5 Å². The summed E-state index contributed by atoms with van der Waals surface area (Å²) in [5.74, 6) is -2.47. The Balaban J connectivity index is 1.56. The van der Waals surface area contributed by atoms with Gasteiger partial charge >= 0.3 is 12.3 Å². The van der Waals surface area contributed by atoms with E-state index in [2.05, 4.69) is 10.1 Å². The van der Waals surface area contributed by atoms with E-state index in [-0.39, 0.29) is 0 Å². The minimum atomic E-state index is -4.79. The lowest BCUT2D eigenvalue weighted by Crippen LogP contribution is -2.30. The van der Waals surface area contributed by atoms with Crippen molar-refractivity contribution < 1.29 is 37.0 Å². The lowest BCUT2D eigenvalue weighted by Gasteiger charge is -2.12. The molecule has 0 radical (unpaired) electrons. The number of anilines is 1. The number of amides is 2. The predicted molar refractivity (Wildman–Crippen MR) is 111 cm³/mol. The zero-order valence-electron chi connectivity index (χ0n) is 16.8. The molecular formula is C21H19F3N2O5S. The SMILES string of the molecule is CC(OC(=O)/C=C/c1ccc(OC(F)(F)F)cc1)C(=O)Nc1sc2c(c1C(N)=O)CCC2. The molecule has 0 spiro atoms. The molecule has 0 aliphatic heterocycles. The quantitative estimate of drug-likeness (QED) is 0.475. The molecule has 11 heteroatoms. The van der Waals surface area contributed by atoms with Gasteiger partial charge in [0.1, 0.15) is 10.8 Å². The molecule has 32 heavy (non-hydrogen) atoms. The maximum Gasteiger partial charge on any atom is 0.573 e. The van der Waals surface area contributed by atoms with Gasteiger partial charge in [0.05, 0.1) is 5.56 Å². The number of primary amides is 1. The summed E-state index contributed by atoms with van der Waals surface area (Å²) in [4.78, 5) is 37.2. The number of benzene rings is 1. The summed E-state index contributed by atoms with van der Waals surface area (Å²) < 4.78 is 45.3. The Morgan fingerprint density at radius 3 is 2.50 bits per heavy atom. The summed E-state index contributed by atoms with van der Waals surface area (Å²) in [5, 5.41) is 2.94. The van der Waals surface area contributed by atoms with Crippen molar-refractivity contribution in [2.75, 3.05) is 5.32 Å². The van der Waals surface area contributed by atoms with Crippen molar-refractivity contribution in [1.82, 2.24) is 0 Å². The van der Waals surface area contributed by atoms with Crippen molar-refractivity contribution >= 4 is 40.2 Å². The monoisotopic (exact) mass is 468 g/mol.